The first-order valence-electron chi connectivity index (χ1n) is 6.62. The lowest BCUT2D eigenvalue weighted by atomic mass is 10.2. The largest absolute Gasteiger partial charge is 0.444 e. The van der Waals surface area contributed by atoms with Crippen molar-refractivity contribution in [1.82, 2.24) is 10.6 Å². The molecule has 2 N–H and O–H groups in total. The highest BCUT2D eigenvalue weighted by atomic mass is 16.6. The van der Waals surface area contributed by atoms with Crippen LogP contribution in [0.1, 0.15) is 47.0 Å². The Morgan fingerprint density at radius 1 is 1.35 bits per heavy atom. The fourth-order valence-corrected chi connectivity index (χ4v) is 1.92. The Morgan fingerprint density at radius 3 is 2.65 bits per heavy atom. The van der Waals surface area contributed by atoms with Crippen LogP contribution in [0.25, 0.3) is 0 Å². The molecule has 2 atom stereocenters. The summed E-state index contributed by atoms with van der Waals surface area (Å²) in [6.45, 7) is 9.27. The molecule has 0 radical (unpaired) electrons. The van der Waals surface area contributed by atoms with Gasteiger partial charge in [0.15, 0.2) is 0 Å². The highest BCUT2D eigenvalue weighted by molar-refractivity contribution is 5.67. The number of nitrogens with one attached hydrogen (secondary N) is 2. The van der Waals surface area contributed by atoms with Crippen LogP contribution in [0.5, 0.6) is 0 Å². The van der Waals surface area contributed by atoms with E-state index >= 15 is 0 Å². The van der Waals surface area contributed by atoms with Crippen LogP contribution < -0.4 is 10.6 Å². The molecular formula is C13H26N2O2. The molecule has 0 aromatic rings. The molecule has 0 bridgehead atoms. The number of hydrogen-bond acceptors (Lipinski definition) is 3. The molecule has 2 unspecified atom stereocenters. The predicted octanol–water partition coefficient (Wildman–Crippen LogP) is 2.29. The SMILES string of the molecule is CCCC1CC1NCCNC(=O)OC(C)(C)C. The fraction of sp³-hybridized carbons (Fsp3) is 0.923. The third-order valence-electron chi connectivity index (χ3n) is 2.78. The molecule has 1 aliphatic rings. The Balaban J connectivity index is 1.96. The monoisotopic (exact) mass is 242 g/mol. The summed E-state index contributed by atoms with van der Waals surface area (Å²) in [5.74, 6) is 0.863. The van der Waals surface area contributed by atoms with Crippen LogP contribution in [-0.2, 0) is 4.74 Å². The molecule has 1 saturated carbocycles. The van der Waals surface area contributed by atoms with Crippen molar-refractivity contribution in [1.29, 1.82) is 0 Å². The zero-order chi connectivity index (χ0) is 12.9. The summed E-state index contributed by atoms with van der Waals surface area (Å²) in [7, 11) is 0. The van der Waals surface area contributed by atoms with E-state index in [0.29, 0.717) is 12.6 Å². The van der Waals surface area contributed by atoms with E-state index in [-0.39, 0.29) is 6.09 Å². The van der Waals surface area contributed by atoms with Gasteiger partial charge in [0.2, 0.25) is 0 Å². The van der Waals surface area contributed by atoms with Crippen molar-refractivity contribution >= 4 is 6.09 Å². The minimum atomic E-state index is -0.416. The van der Waals surface area contributed by atoms with E-state index in [1.165, 1.54) is 19.3 Å². The zero-order valence-corrected chi connectivity index (χ0v) is 11.5. The molecule has 0 aromatic heterocycles. The summed E-state index contributed by atoms with van der Waals surface area (Å²) >= 11 is 0. The Bertz CT molecular complexity index is 248. The van der Waals surface area contributed by atoms with Crippen LogP contribution >= 0.6 is 0 Å². The Kier molecular flexibility index (Phi) is 5.25. The summed E-state index contributed by atoms with van der Waals surface area (Å²) in [5.41, 5.74) is -0.416. The summed E-state index contributed by atoms with van der Waals surface area (Å²) in [6.07, 6.45) is 3.54. The van der Waals surface area contributed by atoms with Crippen molar-refractivity contribution in [2.24, 2.45) is 5.92 Å². The molecule has 17 heavy (non-hydrogen) atoms. The molecule has 0 aromatic carbocycles. The number of rotatable bonds is 6. The lowest BCUT2D eigenvalue weighted by Gasteiger charge is -2.19. The standard InChI is InChI=1S/C13H26N2O2/c1-5-6-10-9-11(10)14-7-8-15-12(16)17-13(2,3)4/h10-11,14H,5-9H2,1-4H3,(H,15,16). The minimum absolute atomic E-state index is 0.333. The van der Waals surface area contributed by atoms with Crippen LogP contribution in [0.4, 0.5) is 4.79 Å². The quantitative estimate of drug-likeness (QED) is 0.703. The molecule has 4 heteroatoms. The second-order valence-electron chi connectivity index (χ2n) is 5.77. The summed E-state index contributed by atoms with van der Waals surface area (Å²) in [5, 5.41) is 6.18. The number of ether oxygens (including phenoxy) is 1. The van der Waals surface area contributed by atoms with E-state index in [9.17, 15) is 4.79 Å². The van der Waals surface area contributed by atoms with E-state index in [0.717, 1.165) is 12.5 Å². The highest BCUT2D eigenvalue weighted by Crippen LogP contribution is 2.34. The topological polar surface area (TPSA) is 50.4 Å². The fourth-order valence-electron chi connectivity index (χ4n) is 1.92. The van der Waals surface area contributed by atoms with Crippen LogP contribution in [0.15, 0.2) is 0 Å². The lowest BCUT2D eigenvalue weighted by Crippen LogP contribution is -2.37. The molecular weight excluding hydrogens is 216 g/mol. The van der Waals surface area contributed by atoms with Gasteiger partial charge in [0.05, 0.1) is 0 Å². The third kappa shape index (κ3) is 6.51. The first-order valence-corrected chi connectivity index (χ1v) is 6.62. The third-order valence-corrected chi connectivity index (χ3v) is 2.78. The number of carbonyl (C=O) groups is 1. The van der Waals surface area contributed by atoms with Gasteiger partial charge in [-0.15, -0.1) is 0 Å². The summed E-state index contributed by atoms with van der Waals surface area (Å²) < 4.78 is 5.14. The number of amides is 1. The predicted molar refractivity (Wildman–Crippen MR) is 69.0 cm³/mol. The van der Waals surface area contributed by atoms with Crippen molar-refractivity contribution in [3.05, 3.63) is 0 Å². The van der Waals surface area contributed by atoms with E-state index < -0.39 is 5.60 Å². The first kappa shape index (κ1) is 14.3. The van der Waals surface area contributed by atoms with Gasteiger partial charge in [-0.2, -0.15) is 0 Å². The maximum atomic E-state index is 11.3. The zero-order valence-electron chi connectivity index (χ0n) is 11.5. The van der Waals surface area contributed by atoms with Gasteiger partial charge in [-0.05, 0) is 39.5 Å². The van der Waals surface area contributed by atoms with Gasteiger partial charge in [0.1, 0.15) is 5.60 Å². The van der Waals surface area contributed by atoms with Gasteiger partial charge >= 0.3 is 6.09 Å². The van der Waals surface area contributed by atoms with Gasteiger partial charge in [0.25, 0.3) is 0 Å². The molecule has 1 aliphatic carbocycles. The maximum absolute atomic E-state index is 11.3. The van der Waals surface area contributed by atoms with Crippen molar-refractivity contribution in [2.75, 3.05) is 13.1 Å². The van der Waals surface area contributed by atoms with E-state index in [1.54, 1.807) is 0 Å². The second kappa shape index (κ2) is 6.24. The molecule has 0 aliphatic heterocycles. The van der Waals surface area contributed by atoms with Gasteiger partial charge in [-0.25, -0.2) is 4.79 Å². The van der Waals surface area contributed by atoms with Gasteiger partial charge in [0, 0.05) is 19.1 Å². The van der Waals surface area contributed by atoms with E-state index in [1.807, 2.05) is 20.8 Å². The average Bonchev–Trinajstić information content (AvgIpc) is 2.89. The van der Waals surface area contributed by atoms with E-state index in [2.05, 4.69) is 17.6 Å². The smallest absolute Gasteiger partial charge is 0.407 e. The van der Waals surface area contributed by atoms with Gasteiger partial charge < -0.3 is 15.4 Å². The van der Waals surface area contributed by atoms with Crippen LogP contribution in [0, 0.1) is 5.92 Å². The van der Waals surface area contributed by atoms with Crippen molar-refractivity contribution in [3.63, 3.8) is 0 Å². The molecule has 100 valence electrons. The molecule has 0 heterocycles. The average molecular weight is 242 g/mol. The van der Waals surface area contributed by atoms with Gasteiger partial charge in [-0.3, -0.25) is 0 Å². The Labute approximate surface area is 104 Å². The second-order valence-corrected chi connectivity index (χ2v) is 5.77. The maximum Gasteiger partial charge on any atom is 0.407 e. The molecule has 0 spiro atoms. The molecule has 1 fully saturated rings. The van der Waals surface area contributed by atoms with E-state index in [4.69, 9.17) is 4.74 Å². The van der Waals surface area contributed by atoms with Crippen LogP contribution in [-0.4, -0.2) is 30.8 Å². The molecule has 1 amide bonds. The lowest BCUT2D eigenvalue weighted by molar-refractivity contribution is 0.0528. The molecule has 0 saturated heterocycles. The number of alkyl carbamates (subject to hydrolysis) is 1. The first-order chi connectivity index (χ1) is 7.92. The summed E-state index contributed by atoms with van der Waals surface area (Å²) in [4.78, 5) is 11.3. The Morgan fingerprint density at radius 2 is 2.06 bits per heavy atom. The highest BCUT2D eigenvalue weighted by Gasteiger charge is 2.34. The molecule has 4 nitrogen and oxygen atoms in total. The molecule has 1 rings (SSSR count). The van der Waals surface area contributed by atoms with Crippen LogP contribution in [0.3, 0.4) is 0 Å². The van der Waals surface area contributed by atoms with Crippen molar-refractivity contribution < 1.29 is 9.53 Å². The minimum Gasteiger partial charge on any atom is -0.444 e. The van der Waals surface area contributed by atoms with Crippen LogP contribution in [0.2, 0.25) is 0 Å². The Hall–Kier alpha value is -0.770. The summed E-state index contributed by atoms with van der Waals surface area (Å²) in [6, 6.07) is 0.676. The van der Waals surface area contributed by atoms with Crippen molar-refractivity contribution in [2.45, 2.75) is 58.6 Å². The number of carbonyl (C=O) groups excluding carboxylic acids is 1. The normalized spacial score (nSPS) is 23.3. The van der Waals surface area contributed by atoms with Crippen molar-refractivity contribution in [3.8, 4) is 0 Å². The van der Waals surface area contributed by atoms with Gasteiger partial charge in [-0.1, -0.05) is 13.3 Å². The number of hydrogen-bond donors (Lipinski definition) is 2.